The van der Waals surface area contributed by atoms with Crippen LogP contribution in [0.25, 0.3) is 0 Å². The SMILES string of the molecule is O=C(Nc1ncc(CN2CCCCC2)s1)c1cccnc1. The smallest absolute Gasteiger partial charge is 0.259 e. The maximum atomic E-state index is 12.0. The Labute approximate surface area is 128 Å². The minimum absolute atomic E-state index is 0.165. The number of nitrogens with one attached hydrogen (secondary N) is 1. The average Bonchev–Trinajstić information content (AvgIpc) is 2.96. The zero-order valence-electron chi connectivity index (χ0n) is 11.8. The third-order valence-electron chi connectivity index (χ3n) is 3.53. The lowest BCUT2D eigenvalue weighted by Crippen LogP contribution is -2.28. The molecule has 21 heavy (non-hydrogen) atoms. The number of aromatic nitrogens is 2. The molecule has 1 fully saturated rings. The molecule has 0 radical (unpaired) electrons. The summed E-state index contributed by atoms with van der Waals surface area (Å²) in [5, 5.41) is 3.47. The number of thiazole rings is 1. The molecule has 2 aromatic rings. The fourth-order valence-electron chi connectivity index (χ4n) is 2.44. The van der Waals surface area contributed by atoms with E-state index in [0.717, 1.165) is 19.6 Å². The van der Waals surface area contributed by atoms with Crippen molar-refractivity contribution < 1.29 is 4.79 Å². The molecule has 110 valence electrons. The van der Waals surface area contributed by atoms with E-state index >= 15 is 0 Å². The zero-order chi connectivity index (χ0) is 14.5. The van der Waals surface area contributed by atoms with Gasteiger partial charge in [-0.15, -0.1) is 11.3 Å². The molecule has 0 unspecified atom stereocenters. The van der Waals surface area contributed by atoms with E-state index in [4.69, 9.17) is 0 Å². The zero-order valence-corrected chi connectivity index (χ0v) is 12.6. The molecule has 0 bridgehead atoms. The van der Waals surface area contributed by atoms with Crippen molar-refractivity contribution >= 4 is 22.4 Å². The molecule has 1 N–H and O–H groups in total. The number of pyridine rings is 1. The Morgan fingerprint density at radius 3 is 2.90 bits per heavy atom. The van der Waals surface area contributed by atoms with Crippen LogP contribution in [0.2, 0.25) is 0 Å². The molecule has 1 saturated heterocycles. The van der Waals surface area contributed by atoms with Gasteiger partial charge in [-0.2, -0.15) is 0 Å². The summed E-state index contributed by atoms with van der Waals surface area (Å²) in [6.07, 6.45) is 8.96. The van der Waals surface area contributed by atoms with Crippen molar-refractivity contribution in [2.24, 2.45) is 0 Å². The van der Waals surface area contributed by atoms with E-state index in [-0.39, 0.29) is 5.91 Å². The van der Waals surface area contributed by atoms with E-state index in [9.17, 15) is 4.79 Å². The lowest BCUT2D eigenvalue weighted by atomic mass is 10.1. The first-order valence-corrected chi connectivity index (χ1v) is 8.01. The Morgan fingerprint density at radius 1 is 1.29 bits per heavy atom. The molecule has 3 rings (SSSR count). The summed E-state index contributed by atoms with van der Waals surface area (Å²) in [6, 6.07) is 3.49. The summed E-state index contributed by atoms with van der Waals surface area (Å²) in [7, 11) is 0. The molecule has 0 saturated carbocycles. The van der Waals surface area contributed by atoms with Gasteiger partial charge in [0.1, 0.15) is 0 Å². The number of likely N-dealkylation sites (tertiary alicyclic amines) is 1. The summed E-state index contributed by atoms with van der Waals surface area (Å²) in [5.41, 5.74) is 0.547. The highest BCUT2D eigenvalue weighted by atomic mass is 32.1. The van der Waals surface area contributed by atoms with Gasteiger partial charge in [0, 0.05) is 30.0 Å². The van der Waals surface area contributed by atoms with Crippen LogP contribution in [0.4, 0.5) is 5.13 Å². The van der Waals surface area contributed by atoms with Crippen LogP contribution in [0.15, 0.2) is 30.7 Å². The number of amides is 1. The Morgan fingerprint density at radius 2 is 2.14 bits per heavy atom. The normalized spacial score (nSPS) is 15.8. The maximum Gasteiger partial charge on any atom is 0.259 e. The Hall–Kier alpha value is -1.79. The minimum atomic E-state index is -0.165. The second kappa shape index (κ2) is 6.78. The first-order valence-electron chi connectivity index (χ1n) is 7.20. The van der Waals surface area contributed by atoms with Gasteiger partial charge in [0.15, 0.2) is 5.13 Å². The number of rotatable bonds is 4. The quantitative estimate of drug-likeness (QED) is 0.943. The fraction of sp³-hybridized carbons (Fsp3) is 0.400. The van der Waals surface area contributed by atoms with Gasteiger partial charge in [-0.25, -0.2) is 4.98 Å². The number of hydrogen-bond acceptors (Lipinski definition) is 5. The number of hydrogen-bond donors (Lipinski definition) is 1. The van der Waals surface area contributed by atoms with Crippen molar-refractivity contribution in [2.75, 3.05) is 18.4 Å². The number of anilines is 1. The van der Waals surface area contributed by atoms with Crippen molar-refractivity contribution in [3.8, 4) is 0 Å². The Bertz CT molecular complexity index is 593. The number of nitrogens with zero attached hydrogens (tertiary/aromatic N) is 3. The van der Waals surface area contributed by atoms with Gasteiger partial charge < -0.3 is 0 Å². The standard InChI is InChI=1S/C15H18N4OS/c20-14(12-5-4-6-16-9-12)18-15-17-10-13(21-15)11-19-7-2-1-3-8-19/h4-6,9-10H,1-3,7-8,11H2,(H,17,18,20). The third-order valence-corrected chi connectivity index (χ3v) is 4.42. The molecule has 1 amide bonds. The summed E-state index contributed by atoms with van der Waals surface area (Å²) in [4.78, 5) is 23.9. The van der Waals surface area contributed by atoms with Crippen LogP contribution in [-0.4, -0.2) is 33.9 Å². The van der Waals surface area contributed by atoms with Crippen LogP contribution in [0.3, 0.4) is 0 Å². The van der Waals surface area contributed by atoms with Crippen LogP contribution in [-0.2, 0) is 6.54 Å². The molecule has 0 spiro atoms. The van der Waals surface area contributed by atoms with E-state index in [1.807, 2.05) is 6.20 Å². The van der Waals surface area contributed by atoms with Gasteiger partial charge in [-0.3, -0.25) is 20.0 Å². The minimum Gasteiger partial charge on any atom is -0.298 e. The fourth-order valence-corrected chi connectivity index (χ4v) is 3.29. The third kappa shape index (κ3) is 3.86. The first-order chi connectivity index (χ1) is 10.3. The van der Waals surface area contributed by atoms with Crippen LogP contribution < -0.4 is 5.32 Å². The summed E-state index contributed by atoms with van der Waals surface area (Å²) < 4.78 is 0. The highest BCUT2D eigenvalue weighted by molar-refractivity contribution is 7.15. The predicted molar refractivity (Wildman–Crippen MR) is 83.4 cm³/mol. The monoisotopic (exact) mass is 302 g/mol. The van der Waals surface area contributed by atoms with Crippen LogP contribution >= 0.6 is 11.3 Å². The van der Waals surface area contributed by atoms with Gasteiger partial charge in [0.25, 0.3) is 5.91 Å². The predicted octanol–water partition coefficient (Wildman–Crippen LogP) is 2.78. The molecule has 1 aliphatic rings. The van der Waals surface area contributed by atoms with Gasteiger partial charge in [0.2, 0.25) is 0 Å². The summed E-state index contributed by atoms with van der Waals surface area (Å²) >= 11 is 1.54. The topological polar surface area (TPSA) is 58.1 Å². The molecule has 1 aliphatic heterocycles. The van der Waals surface area contributed by atoms with Crippen molar-refractivity contribution in [1.29, 1.82) is 0 Å². The molecule has 0 aromatic carbocycles. The molecule has 3 heterocycles. The van der Waals surface area contributed by atoms with Crippen molar-refractivity contribution in [1.82, 2.24) is 14.9 Å². The van der Waals surface area contributed by atoms with E-state index < -0.39 is 0 Å². The van der Waals surface area contributed by atoms with Crippen LogP contribution in [0.1, 0.15) is 34.5 Å². The molecule has 0 atom stereocenters. The van der Waals surface area contributed by atoms with E-state index in [2.05, 4.69) is 20.2 Å². The van der Waals surface area contributed by atoms with Gasteiger partial charge >= 0.3 is 0 Å². The highest BCUT2D eigenvalue weighted by Crippen LogP contribution is 2.22. The number of carbonyl (C=O) groups excluding carboxylic acids is 1. The first kappa shape index (κ1) is 14.2. The van der Waals surface area contributed by atoms with Crippen molar-refractivity contribution in [2.45, 2.75) is 25.8 Å². The maximum absolute atomic E-state index is 12.0. The number of piperidine rings is 1. The van der Waals surface area contributed by atoms with E-state index in [1.165, 1.54) is 24.1 Å². The molecule has 6 heteroatoms. The van der Waals surface area contributed by atoms with Crippen molar-refractivity contribution in [3.63, 3.8) is 0 Å². The molecular formula is C15H18N4OS. The van der Waals surface area contributed by atoms with Crippen molar-refractivity contribution in [3.05, 3.63) is 41.2 Å². The molecule has 0 aliphatic carbocycles. The lowest BCUT2D eigenvalue weighted by molar-refractivity contribution is 0.102. The Balaban J connectivity index is 1.58. The Kier molecular flexibility index (Phi) is 4.57. The second-order valence-electron chi connectivity index (χ2n) is 5.16. The number of carbonyl (C=O) groups is 1. The second-order valence-corrected chi connectivity index (χ2v) is 6.28. The summed E-state index contributed by atoms with van der Waals surface area (Å²) in [6.45, 7) is 3.25. The summed E-state index contributed by atoms with van der Waals surface area (Å²) in [5.74, 6) is -0.165. The lowest BCUT2D eigenvalue weighted by Gasteiger charge is -2.25. The van der Waals surface area contributed by atoms with Gasteiger partial charge in [0.05, 0.1) is 5.56 Å². The average molecular weight is 302 g/mol. The molecular weight excluding hydrogens is 284 g/mol. The van der Waals surface area contributed by atoms with E-state index in [0.29, 0.717) is 10.7 Å². The van der Waals surface area contributed by atoms with Gasteiger partial charge in [-0.1, -0.05) is 6.42 Å². The van der Waals surface area contributed by atoms with Crippen LogP contribution in [0.5, 0.6) is 0 Å². The van der Waals surface area contributed by atoms with Crippen LogP contribution in [0, 0.1) is 0 Å². The van der Waals surface area contributed by atoms with Gasteiger partial charge in [-0.05, 0) is 38.1 Å². The van der Waals surface area contributed by atoms with E-state index in [1.54, 1.807) is 35.9 Å². The molecule has 5 nitrogen and oxygen atoms in total. The largest absolute Gasteiger partial charge is 0.298 e. The highest BCUT2D eigenvalue weighted by Gasteiger charge is 2.13. The molecule has 2 aromatic heterocycles.